The lowest BCUT2D eigenvalue weighted by molar-refractivity contribution is 0.838. The SMILES string of the molecule is CCNc1nc(C)cc(NCCCCSC)n1. The second kappa shape index (κ2) is 8.17. The van der Waals surface area contributed by atoms with E-state index in [1.54, 1.807) is 0 Å². The summed E-state index contributed by atoms with van der Waals surface area (Å²) in [6.45, 7) is 5.85. The van der Waals surface area contributed by atoms with Gasteiger partial charge in [-0.25, -0.2) is 4.98 Å². The second-order valence-corrected chi connectivity index (χ2v) is 4.86. The first kappa shape index (κ1) is 14.1. The van der Waals surface area contributed by atoms with Gasteiger partial charge in [0.25, 0.3) is 0 Å². The number of nitrogens with zero attached hydrogens (tertiary/aromatic N) is 2. The zero-order valence-electron chi connectivity index (χ0n) is 10.9. The highest BCUT2D eigenvalue weighted by Gasteiger charge is 2.00. The molecule has 0 amide bonds. The Morgan fingerprint density at radius 1 is 1.24 bits per heavy atom. The zero-order valence-corrected chi connectivity index (χ0v) is 11.7. The fraction of sp³-hybridized carbons (Fsp3) is 0.667. The van der Waals surface area contributed by atoms with Gasteiger partial charge in [-0.3, -0.25) is 0 Å². The quantitative estimate of drug-likeness (QED) is 0.699. The number of hydrogen-bond acceptors (Lipinski definition) is 5. The first-order chi connectivity index (χ1) is 8.26. The van der Waals surface area contributed by atoms with Crippen molar-refractivity contribution in [3.8, 4) is 0 Å². The highest BCUT2D eigenvalue weighted by Crippen LogP contribution is 2.09. The van der Waals surface area contributed by atoms with Gasteiger partial charge in [-0.15, -0.1) is 0 Å². The maximum absolute atomic E-state index is 4.40. The Bertz CT molecular complexity index is 330. The van der Waals surface area contributed by atoms with Crippen LogP contribution in [0.1, 0.15) is 25.5 Å². The third-order valence-electron chi connectivity index (χ3n) is 2.27. The predicted molar refractivity (Wildman–Crippen MR) is 77.0 cm³/mol. The molecule has 0 radical (unpaired) electrons. The van der Waals surface area contributed by atoms with Gasteiger partial charge in [0, 0.05) is 24.8 Å². The van der Waals surface area contributed by atoms with E-state index in [1.807, 2.05) is 31.7 Å². The van der Waals surface area contributed by atoms with E-state index in [1.165, 1.54) is 18.6 Å². The van der Waals surface area contributed by atoms with Gasteiger partial charge >= 0.3 is 0 Å². The van der Waals surface area contributed by atoms with Crippen molar-refractivity contribution >= 4 is 23.5 Å². The van der Waals surface area contributed by atoms with Crippen molar-refractivity contribution in [2.24, 2.45) is 0 Å². The van der Waals surface area contributed by atoms with Crippen LogP contribution in [0.3, 0.4) is 0 Å². The van der Waals surface area contributed by atoms with Crippen LogP contribution in [-0.2, 0) is 0 Å². The Morgan fingerprint density at radius 2 is 2.06 bits per heavy atom. The summed E-state index contributed by atoms with van der Waals surface area (Å²) >= 11 is 1.90. The summed E-state index contributed by atoms with van der Waals surface area (Å²) in [5.74, 6) is 2.85. The lowest BCUT2D eigenvalue weighted by Gasteiger charge is -2.08. The highest BCUT2D eigenvalue weighted by atomic mass is 32.2. The molecule has 1 heterocycles. The maximum atomic E-state index is 4.40. The Balaban J connectivity index is 2.41. The van der Waals surface area contributed by atoms with E-state index in [0.29, 0.717) is 5.95 Å². The van der Waals surface area contributed by atoms with Crippen molar-refractivity contribution in [2.45, 2.75) is 26.7 Å². The van der Waals surface area contributed by atoms with E-state index in [-0.39, 0.29) is 0 Å². The number of unbranched alkanes of at least 4 members (excludes halogenated alkanes) is 1. The molecule has 0 atom stereocenters. The van der Waals surface area contributed by atoms with Crippen molar-refractivity contribution in [3.63, 3.8) is 0 Å². The molecule has 96 valence electrons. The summed E-state index contributed by atoms with van der Waals surface area (Å²) in [5.41, 5.74) is 0.988. The monoisotopic (exact) mass is 254 g/mol. The molecule has 4 nitrogen and oxygen atoms in total. The summed E-state index contributed by atoms with van der Waals surface area (Å²) in [7, 11) is 0. The fourth-order valence-corrected chi connectivity index (χ4v) is 1.98. The molecular formula is C12H22N4S. The van der Waals surface area contributed by atoms with Crippen molar-refractivity contribution in [2.75, 3.05) is 35.7 Å². The first-order valence-corrected chi connectivity index (χ1v) is 7.48. The van der Waals surface area contributed by atoms with Crippen LogP contribution in [-0.4, -0.2) is 35.1 Å². The van der Waals surface area contributed by atoms with Crippen LogP contribution in [0.4, 0.5) is 11.8 Å². The van der Waals surface area contributed by atoms with Gasteiger partial charge in [-0.1, -0.05) is 0 Å². The molecule has 5 heteroatoms. The van der Waals surface area contributed by atoms with Crippen LogP contribution >= 0.6 is 11.8 Å². The minimum absolute atomic E-state index is 0.708. The number of anilines is 2. The maximum Gasteiger partial charge on any atom is 0.224 e. The molecule has 0 unspecified atom stereocenters. The summed E-state index contributed by atoms with van der Waals surface area (Å²) in [6.07, 6.45) is 4.57. The van der Waals surface area contributed by atoms with Crippen LogP contribution in [0.25, 0.3) is 0 Å². The van der Waals surface area contributed by atoms with E-state index < -0.39 is 0 Å². The first-order valence-electron chi connectivity index (χ1n) is 6.08. The summed E-state index contributed by atoms with van der Waals surface area (Å²) in [6, 6.07) is 1.98. The molecule has 0 aliphatic carbocycles. The molecule has 2 N–H and O–H groups in total. The number of nitrogens with one attached hydrogen (secondary N) is 2. The van der Waals surface area contributed by atoms with Gasteiger partial charge in [0.15, 0.2) is 0 Å². The van der Waals surface area contributed by atoms with E-state index in [0.717, 1.165) is 24.6 Å². The van der Waals surface area contributed by atoms with Gasteiger partial charge in [0.1, 0.15) is 5.82 Å². The summed E-state index contributed by atoms with van der Waals surface area (Å²) < 4.78 is 0. The van der Waals surface area contributed by atoms with Gasteiger partial charge in [-0.05, 0) is 38.7 Å². The standard InChI is InChI=1S/C12H22N4S/c1-4-13-12-15-10(2)9-11(16-12)14-7-5-6-8-17-3/h9H,4-8H2,1-3H3,(H2,13,14,15,16). The Hall–Kier alpha value is -0.970. The molecule has 0 saturated heterocycles. The Kier molecular flexibility index (Phi) is 6.77. The smallest absolute Gasteiger partial charge is 0.224 e. The molecular weight excluding hydrogens is 232 g/mol. The average molecular weight is 254 g/mol. The lowest BCUT2D eigenvalue weighted by Crippen LogP contribution is -2.08. The predicted octanol–water partition coefficient (Wildman–Crippen LogP) is 2.77. The van der Waals surface area contributed by atoms with Crippen LogP contribution in [0.5, 0.6) is 0 Å². The van der Waals surface area contributed by atoms with Gasteiger partial charge < -0.3 is 10.6 Å². The molecule has 1 aromatic heterocycles. The molecule has 0 aliphatic heterocycles. The van der Waals surface area contributed by atoms with Gasteiger partial charge in [-0.2, -0.15) is 16.7 Å². The molecule has 17 heavy (non-hydrogen) atoms. The molecule has 1 rings (SSSR count). The van der Waals surface area contributed by atoms with E-state index in [4.69, 9.17) is 0 Å². The van der Waals surface area contributed by atoms with E-state index in [9.17, 15) is 0 Å². The van der Waals surface area contributed by atoms with Crippen molar-refractivity contribution < 1.29 is 0 Å². The normalized spacial score (nSPS) is 10.3. The highest BCUT2D eigenvalue weighted by molar-refractivity contribution is 7.98. The minimum atomic E-state index is 0.708. The second-order valence-electron chi connectivity index (χ2n) is 3.88. The molecule has 0 saturated carbocycles. The minimum Gasteiger partial charge on any atom is -0.370 e. The third-order valence-corrected chi connectivity index (χ3v) is 2.97. The molecule has 1 aromatic rings. The third kappa shape index (κ3) is 5.77. The van der Waals surface area contributed by atoms with E-state index >= 15 is 0 Å². The molecule has 0 fully saturated rings. The fourth-order valence-electron chi connectivity index (χ4n) is 1.48. The van der Waals surface area contributed by atoms with Crippen molar-refractivity contribution in [1.82, 2.24) is 9.97 Å². The summed E-state index contributed by atoms with van der Waals surface area (Å²) in [4.78, 5) is 8.72. The molecule has 0 aliphatic rings. The Morgan fingerprint density at radius 3 is 2.76 bits per heavy atom. The van der Waals surface area contributed by atoms with Crippen molar-refractivity contribution in [3.05, 3.63) is 11.8 Å². The number of aryl methyl sites for hydroxylation is 1. The lowest BCUT2D eigenvalue weighted by atomic mass is 10.3. The van der Waals surface area contributed by atoms with Gasteiger partial charge in [0.2, 0.25) is 5.95 Å². The van der Waals surface area contributed by atoms with Crippen LogP contribution in [0, 0.1) is 6.92 Å². The van der Waals surface area contributed by atoms with Crippen LogP contribution < -0.4 is 10.6 Å². The molecule has 0 spiro atoms. The molecule has 0 aromatic carbocycles. The molecule has 0 bridgehead atoms. The largest absolute Gasteiger partial charge is 0.370 e. The number of aromatic nitrogens is 2. The number of rotatable bonds is 8. The van der Waals surface area contributed by atoms with Gasteiger partial charge in [0.05, 0.1) is 0 Å². The van der Waals surface area contributed by atoms with E-state index in [2.05, 4.69) is 26.9 Å². The topological polar surface area (TPSA) is 49.8 Å². The number of thioether (sulfide) groups is 1. The van der Waals surface area contributed by atoms with Crippen LogP contribution in [0.2, 0.25) is 0 Å². The Labute approximate surface area is 108 Å². The average Bonchev–Trinajstić information content (AvgIpc) is 2.28. The van der Waals surface area contributed by atoms with Crippen molar-refractivity contribution in [1.29, 1.82) is 0 Å². The van der Waals surface area contributed by atoms with Crippen LogP contribution in [0.15, 0.2) is 6.07 Å². The summed E-state index contributed by atoms with van der Waals surface area (Å²) in [5, 5.41) is 6.48. The zero-order chi connectivity index (χ0) is 12.5. The number of hydrogen-bond donors (Lipinski definition) is 2.